The van der Waals surface area contributed by atoms with Crippen molar-refractivity contribution in [1.29, 1.82) is 0 Å². The highest BCUT2D eigenvalue weighted by molar-refractivity contribution is 5.51. The van der Waals surface area contributed by atoms with E-state index >= 15 is 0 Å². The Balaban J connectivity index is 2.29. The number of aromatic nitrogens is 1. The van der Waals surface area contributed by atoms with Gasteiger partial charge in [-0.3, -0.25) is 0 Å². The largest absolute Gasteiger partial charge is 0.416 e. The first kappa shape index (κ1) is 14.9. The van der Waals surface area contributed by atoms with Gasteiger partial charge in [0.05, 0.1) is 17.7 Å². The van der Waals surface area contributed by atoms with E-state index in [1.807, 2.05) is 6.92 Å². The number of ether oxygens (including phenoxy) is 1. The molecule has 20 heavy (non-hydrogen) atoms. The molecule has 1 atom stereocenters. The van der Waals surface area contributed by atoms with Gasteiger partial charge in [0.25, 0.3) is 0 Å². The topological polar surface area (TPSA) is 46.2 Å². The van der Waals surface area contributed by atoms with E-state index in [1.54, 1.807) is 6.92 Å². The Morgan fingerprint density at radius 1 is 1.35 bits per heavy atom. The van der Waals surface area contributed by atoms with Crippen molar-refractivity contribution in [3.8, 4) is 0 Å². The van der Waals surface area contributed by atoms with E-state index < -0.39 is 11.7 Å². The lowest BCUT2D eigenvalue weighted by Gasteiger charge is -2.25. The van der Waals surface area contributed by atoms with Crippen molar-refractivity contribution in [2.75, 3.05) is 30.4 Å². The summed E-state index contributed by atoms with van der Waals surface area (Å²) >= 11 is 0. The molecule has 1 aromatic heterocycles. The van der Waals surface area contributed by atoms with Crippen LogP contribution in [0.1, 0.15) is 25.8 Å². The van der Waals surface area contributed by atoms with Crippen LogP contribution in [0.3, 0.4) is 0 Å². The van der Waals surface area contributed by atoms with E-state index in [2.05, 4.69) is 15.6 Å². The molecule has 0 aliphatic carbocycles. The van der Waals surface area contributed by atoms with E-state index in [9.17, 15) is 13.2 Å². The summed E-state index contributed by atoms with van der Waals surface area (Å²) in [6, 6.07) is 2.05. The lowest BCUT2D eigenvalue weighted by Crippen LogP contribution is -2.35. The summed E-state index contributed by atoms with van der Waals surface area (Å²) in [6.45, 7) is 5.29. The number of nitrogens with one attached hydrogen (secondary N) is 2. The summed E-state index contributed by atoms with van der Waals surface area (Å²) in [5, 5.41) is 5.87. The fourth-order valence-electron chi connectivity index (χ4n) is 2.10. The van der Waals surface area contributed by atoms with Crippen molar-refractivity contribution in [3.63, 3.8) is 0 Å². The molecule has 0 aromatic carbocycles. The monoisotopic (exact) mass is 289 g/mol. The molecule has 1 unspecified atom stereocenters. The lowest BCUT2D eigenvalue weighted by atomic mass is 10.0. The molecular weight excluding hydrogens is 271 g/mol. The highest BCUT2D eigenvalue weighted by atomic mass is 19.4. The summed E-state index contributed by atoms with van der Waals surface area (Å²) < 4.78 is 43.9. The third kappa shape index (κ3) is 3.53. The molecule has 0 amide bonds. The van der Waals surface area contributed by atoms with Crippen molar-refractivity contribution >= 4 is 11.6 Å². The first-order valence-electron chi connectivity index (χ1n) is 6.51. The number of nitrogens with zero attached hydrogens (tertiary/aromatic N) is 1. The fraction of sp³-hybridized carbons (Fsp3) is 0.615. The molecule has 2 N–H and O–H groups in total. The van der Waals surface area contributed by atoms with E-state index in [0.717, 1.165) is 18.6 Å². The first-order chi connectivity index (χ1) is 9.32. The van der Waals surface area contributed by atoms with Crippen molar-refractivity contribution in [3.05, 3.63) is 17.7 Å². The first-order valence-corrected chi connectivity index (χ1v) is 6.51. The molecule has 1 aliphatic rings. The fourth-order valence-corrected chi connectivity index (χ4v) is 2.10. The minimum Gasteiger partial charge on any atom is -0.379 e. The van der Waals surface area contributed by atoms with Gasteiger partial charge in [-0.1, -0.05) is 0 Å². The standard InChI is InChI=1S/C13H18F3N3O/c1-3-17-10-6-9(13(14,15)16)7-11(18-10)19-12(2)4-5-20-8-12/h6-7H,3-5,8H2,1-2H3,(H2,17,18,19). The van der Waals surface area contributed by atoms with Gasteiger partial charge in [-0.15, -0.1) is 0 Å². The summed E-state index contributed by atoms with van der Waals surface area (Å²) in [5.74, 6) is 0.427. The third-order valence-corrected chi connectivity index (χ3v) is 3.16. The highest BCUT2D eigenvalue weighted by Gasteiger charge is 2.34. The average Bonchev–Trinajstić information content (AvgIpc) is 2.74. The van der Waals surface area contributed by atoms with Gasteiger partial charge < -0.3 is 15.4 Å². The van der Waals surface area contributed by atoms with Crippen molar-refractivity contribution in [1.82, 2.24) is 4.98 Å². The molecule has 7 heteroatoms. The van der Waals surface area contributed by atoms with E-state index in [0.29, 0.717) is 19.8 Å². The Morgan fingerprint density at radius 2 is 2.05 bits per heavy atom. The highest BCUT2D eigenvalue weighted by Crippen LogP contribution is 2.33. The number of pyridine rings is 1. The normalized spacial score (nSPS) is 22.9. The van der Waals surface area contributed by atoms with Crippen LogP contribution in [-0.2, 0) is 10.9 Å². The number of hydrogen-bond acceptors (Lipinski definition) is 4. The second-order valence-corrected chi connectivity index (χ2v) is 5.14. The number of anilines is 2. The van der Waals surface area contributed by atoms with Gasteiger partial charge in [0, 0.05) is 13.2 Å². The molecule has 1 aliphatic heterocycles. The minimum atomic E-state index is -4.39. The van der Waals surface area contributed by atoms with Crippen LogP contribution in [-0.4, -0.2) is 30.3 Å². The zero-order valence-corrected chi connectivity index (χ0v) is 11.5. The van der Waals surface area contributed by atoms with Crippen LogP contribution in [0.25, 0.3) is 0 Å². The van der Waals surface area contributed by atoms with Gasteiger partial charge in [-0.05, 0) is 32.4 Å². The Labute approximate surface area is 115 Å². The quantitative estimate of drug-likeness (QED) is 0.894. The molecule has 0 bridgehead atoms. The van der Waals surface area contributed by atoms with Crippen LogP contribution >= 0.6 is 0 Å². The maximum atomic E-state index is 12.9. The molecule has 1 aromatic rings. The molecule has 1 fully saturated rings. The van der Waals surface area contributed by atoms with Crippen LogP contribution in [0, 0.1) is 0 Å². The molecule has 0 spiro atoms. The van der Waals surface area contributed by atoms with Gasteiger partial charge >= 0.3 is 6.18 Å². The Bertz CT molecular complexity index is 470. The Kier molecular flexibility index (Phi) is 4.08. The summed E-state index contributed by atoms with van der Waals surface area (Å²) in [6.07, 6.45) is -3.65. The minimum absolute atomic E-state index is 0.212. The number of halogens is 3. The van der Waals surface area contributed by atoms with E-state index in [-0.39, 0.29) is 17.2 Å². The predicted octanol–water partition coefficient (Wildman–Crippen LogP) is 3.12. The Morgan fingerprint density at radius 3 is 2.60 bits per heavy atom. The zero-order valence-electron chi connectivity index (χ0n) is 11.5. The summed E-state index contributed by atoms with van der Waals surface area (Å²) in [7, 11) is 0. The van der Waals surface area contributed by atoms with Crippen molar-refractivity contribution < 1.29 is 17.9 Å². The second kappa shape index (κ2) is 5.47. The van der Waals surface area contributed by atoms with Gasteiger partial charge in [0.1, 0.15) is 11.6 Å². The summed E-state index contributed by atoms with van der Waals surface area (Å²) in [5.41, 5.74) is -1.09. The molecule has 2 rings (SSSR count). The molecule has 112 valence electrons. The predicted molar refractivity (Wildman–Crippen MR) is 70.9 cm³/mol. The Hall–Kier alpha value is -1.50. The SMILES string of the molecule is CCNc1cc(C(F)(F)F)cc(NC2(C)CCOC2)n1. The molecule has 1 saturated heterocycles. The molecule has 0 radical (unpaired) electrons. The number of rotatable bonds is 4. The average molecular weight is 289 g/mol. The summed E-state index contributed by atoms with van der Waals surface area (Å²) in [4.78, 5) is 4.17. The lowest BCUT2D eigenvalue weighted by molar-refractivity contribution is -0.137. The van der Waals surface area contributed by atoms with Gasteiger partial charge in [-0.2, -0.15) is 13.2 Å². The van der Waals surface area contributed by atoms with Crippen LogP contribution < -0.4 is 10.6 Å². The van der Waals surface area contributed by atoms with Crippen LogP contribution in [0.15, 0.2) is 12.1 Å². The van der Waals surface area contributed by atoms with Crippen LogP contribution in [0.2, 0.25) is 0 Å². The maximum Gasteiger partial charge on any atom is 0.416 e. The second-order valence-electron chi connectivity index (χ2n) is 5.14. The van der Waals surface area contributed by atoms with E-state index in [4.69, 9.17) is 4.74 Å². The van der Waals surface area contributed by atoms with Crippen LogP contribution in [0.5, 0.6) is 0 Å². The molecule has 0 saturated carbocycles. The smallest absolute Gasteiger partial charge is 0.379 e. The van der Waals surface area contributed by atoms with Gasteiger partial charge in [-0.25, -0.2) is 4.98 Å². The number of hydrogen-bond donors (Lipinski definition) is 2. The maximum absolute atomic E-state index is 12.9. The van der Waals surface area contributed by atoms with E-state index in [1.165, 1.54) is 0 Å². The number of alkyl halides is 3. The van der Waals surface area contributed by atoms with Gasteiger partial charge in [0.2, 0.25) is 0 Å². The van der Waals surface area contributed by atoms with Crippen molar-refractivity contribution in [2.24, 2.45) is 0 Å². The van der Waals surface area contributed by atoms with Crippen molar-refractivity contribution in [2.45, 2.75) is 32.0 Å². The molecule has 4 nitrogen and oxygen atoms in total. The van der Waals surface area contributed by atoms with Gasteiger partial charge in [0.15, 0.2) is 0 Å². The molecule has 2 heterocycles. The zero-order chi connectivity index (χ0) is 14.8. The molecular formula is C13H18F3N3O. The third-order valence-electron chi connectivity index (χ3n) is 3.16. The van der Waals surface area contributed by atoms with Crippen LogP contribution in [0.4, 0.5) is 24.8 Å².